The predicted molar refractivity (Wildman–Crippen MR) is 58.3 cm³/mol. The molecule has 2 N–H and O–H groups in total. The number of aliphatic carboxylic acids is 1. The summed E-state index contributed by atoms with van der Waals surface area (Å²) in [5.74, 6) is -0.492. The van der Waals surface area contributed by atoms with Crippen LogP contribution in [0.3, 0.4) is 0 Å². The molecule has 2 atom stereocenters. The van der Waals surface area contributed by atoms with Crippen molar-refractivity contribution in [3.63, 3.8) is 0 Å². The number of carboxylic acids is 1. The Bertz CT molecular complexity index is 169. The van der Waals surface area contributed by atoms with E-state index in [2.05, 4.69) is 33.0 Å². The van der Waals surface area contributed by atoms with Gasteiger partial charge in [0.05, 0.1) is 5.92 Å². The molecule has 2 unspecified atom stereocenters. The van der Waals surface area contributed by atoms with Crippen molar-refractivity contribution >= 4 is 5.97 Å². The highest BCUT2D eigenvalue weighted by Crippen LogP contribution is 2.11. The van der Waals surface area contributed by atoms with Gasteiger partial charge in [0, 0.05) is 12.6 Å². The SMILES string of the molecule is CCC(C)NCC(CC(C)C)C(=O)O. The number of carboxylic acid groups (broad SMARTS) is 1. The van der Waals surface area contributed by atoms with E-state index < -0.39 is 5.97 Å². The molecular weight excluding hydrogens is 178 g/mol. The van der Waals surface area contributed by atoms with E-state index in [1.54, 1.807) is 0 Å². The molecule has 0 aromatic rings. The lowest BCUT2D eigenvalue weighted by molar-refractivity contribution is -0.142. The highest BCUT2D eigenvalue weighted by molar-refractivity contribution is 5.70. The lowest BCUT2D eigenvalue weighted by atomic mass is 9.97. The molecule has 0 spiro atoms. The normalized spacial score (nSPS) is 15.5. The largest absolute Gasteiger partial charge is 0.481 e. The van der Waals surface area contributed by atoms with Crippen LogP contribution in [0.1, 0.15) is 40.5 Å². The molecule has 0 aliphatic rings. The zero-order valence-electron chi connectivity index (χ0n) is 9.71. The van der Waals surface area contributed by atoms with E-state index in [0.29, 0.717) is 18.5 Å². The van der Waals surface area contributed by atoms with Crippen molar-refractivity contribution in [2.75, 3.05) is 6.54 Å². The second-order valence-corrected chi connectivity index (χ2v) is 4.38. The van der Waals surface area contributed by atoms with Gasteiger partial charge in [-0.3, -0.25) is 4.79 Å². The van der Waals surface area contributed by atoms with Gasteiger partial charge in [-0.05, 0) is 25.7 Å². The second-order valence-electron chi connectivity index (χ2n) is 4.38. The molecule has 84 valence electrons. The van der Waals surface area contributed by atoms with Crippen LogP contribution < -0.4 is 5.32 Å². The topological polar surface area (TPSA) is 49.3 Å². The molecule has 0 aromatic heterocycles. The fourth-order valence-corrected chi connectivity index (χ4v) is 1.33. The van der Waals surface area contributed by atoms with E-state index in [9.17, 15) is 4.79 Å². The van der Waals surface area contributed by atoms with Crippen LogP contribution in [0.25, 0.3) is 0 Å². The highest BCUT2D eigenvalue weighted by Gasteiger charge is 2.18. The predicted octanol–water partition coefficient (Wildman–Crippen LogP) is 2.12. The van der Waals surface area contributed by atoms with E-state index in [-0.39, 0.29) is 5.92 Å². The van der Waals surface area contributed by atoms with Gasteiger partial charge in [-0.1, -0.05) is 20.8 Å². The third-order valence-corrected chi connectivity index (χ3v) is 2.43. The van der Waals surface area contributed by atoms with Crippen LogP contribution in [-0.2, 0) is 4.79 Å². The molecule has 0 radical (unpaired) electrons. The van der Waals surface area contributed by atoms with Crippen LogP contribution in [0.5, 0.6) is 0 Å². The van der Waals surface area contributed by atoms with Crippen LogP contribution in [0.4, 0.5) is 0 Å². The molecule has 0 fully saturated rings. The molecule has 0 amide bonds. The molecular formula is C11H23NO2. The van der Waals surface area contributed by atoms with Crippen LogP contribution >= 0.6 is 0 Å². The smallest absolute Gasteiger partial charge is 0.307 e. The van der Waals surface area contributed by atoms with Crippen molar-refractivity contribution in [1.82, 2.24) is 5.32 Å². The van der Waals surface area contributed by atoms with Crippen LogP contribution in [0.15, 0.2) is 0 Å². The lowest BCUT2D eigenvalue weighted by Gasteiger charge is -2.18. The van der Waals surface area contributed by atoms with Crippen LogP contribution in [0, 0.1) is 11.8 Å². The lowest BCUT2D eigenvalue weighted by Crippen LogP contribution is -2.34. The summed E-state index contributed by atoms with van der Waals surface area (Å²) in [7, 11) is 0. The molecule has 0 aromatic carbocycles. The van der Waals surface area contributed by atoms with Gasteiger partial charge in [0.2, 0.25) is 0 Å². The van der Waals surface area contributed by atoms with Gasteiger partial charge in [-0.2, -0.15) is 0 Å². The Morgan fingerprint density at radius 2 is 1.93 bits per heavy atom. The monoisotopic (exact) mass is 201 g/mol. The quantitative estimate of drug-likeness (QED) is 0.663. The summed E-state index contributed by atoms with van der Waals surface area (Å²) in [4.78, 5) is 10.9. The van der Waals surface area contributed by atoms with Gasteiger partial charge in [-0.15, -0.1) is 0 Å². The molecule has 0 saturated carbocycles. The van der Waals surface area contributed by atoms with E-state index in [1.807, 2.05) is 0 Å². The fourth-order valence-electron chi connectivity index (χ4n) is 1.33. The van der Waals surface area contributed by atoms with Crippen molar-refractivity contribution < 1.29 is 9.90 Å². The summed E-state index contributed by atoms with van der Waals surface area (Å²) in [6.07, 6.45) is 1.78. The number of carbonyl (C=O) groups is 1. The maximum atomic E-state index is 10.9. The van der Waals surface area contributed by atoms with Gasteiger partial charge < -0.3 is 10.4 Å². The molecule has 14 heavy (non-hydrogen) atoms. The first kappa shape index (κ1) is 13.4. The summed E-state index contributed by atoms with van der Waals surface area (Å²) in [5.41, 5.74) is 0. The van der Waals surface area contributed by atoms with E-state index in [1.165, 1.54) is 0 Å². The number of rotatable bonds is 7. The highest BCUT2D eigenvalue weighted by atomic mass is 16.4. The number of hydrogen-bond donors (Lipinski definition) is 2. The molecule has 0 saturated heterocycles. The van der Waals surface area contributed by atoms with Gasteiger partial charge >= 0.3 is 5.97 Å². The molecule has 0 rings (SSSR count). The molecule has 0 aliphatic carbocycles. The number of nitrogens with one attached hydrogen (secondary N) is 1. The van der Waals surface area contributed by atoms with Crippen molar-refractivity contribution in [3.8, 4) is 0 Å². The zero-order valence-corrected chi connectivity index (χ0v) is 9.71. The molecule has 0 aliphatic heterocycles. The summed E-state index contributed by atoms with van der Waals surface area (Å²) in [5, 5.41) is 12.2. The van der Waals surface area contributed by atoms with Crippen molar-refractivity contribution in [2.24, 2.45) is 11.8 Å². The van der Waals surface area contributed by atoms with Crippen LogP contribution in [-0.4, -0.2) is 23.7 Å². The Kier molecular flexibility index (Phi) is 6.54. The Balaban J connectivity index is 3.91. The van der Waals surface area contributed by atoms with Crippen LogP contribution in [0.2, 0.25) is 0 Å². The van der Waals surface area contributed by atoms with Crippen molar-refractivity contribution in [3.05, 3.63) is 0 Å². The minimum atomic E-state index is -0.686. The maximum Gasteiger partial charge on any atom is 0.307 e. The Hall–Kier alpha value is -0.570. The van der Waals surface area contributed by atoms with Gasteiger partial charge in [0.25, 0.3) is 0 Å². The van der Waals surface area contributed by atoms with Crippen molar-refractivity contribution in [1.29, 1.82) is 0 Å². The summed E-state index contributed by atoms with van der Waals surface area (Å²) in [6.45, 7) is 8.87. The standard InChI is InChI=1S/C11H23NO2/c1-5-9(4)12-7-10(11(13)14)6-8(2)3/h8-10,12H,5-7H2,1-4H3,(H,13,14). The molecule has 0 bridgehead atoms. The summed E-state index contributed by atoms with van der Waals surface area (Å²) < 4.78 is 0. The average molecular weight is 201 g/mol. The third kappa shape index (κ3) is 5.97. The van der Waals surface area contributed by atoms with Gasteiger partial charge in [-0.25, -0.2) is 0 Å². The summed E-state index contributed by atoms with van der Waals surface area (Å²) >= 11 is 0. The van der Waals surface area contributed by atoms with E-state index in [0.717, 1.165) is 12.8 Å². The minimum Gasteiger partial charge on any atom is -0.481 e. The zero-order chi connectivity index (χ0) is 11.1. The molecule has 0 heterocycles. The summed E-state index contributed by atoms with van der Waals surface area (Å²) in [6, 6.07) is 0.406. The fraction of sp³-hybridized carbons (Fsp3) is 0.909. The van der Waals surface area contributed by atoms with E-state index in [4.69, 9.17) is 5.11 Å². The number of hydrogen-bond acceptors (Lipinski definition) is 2. The Labute approximate surface area is 86.9 Å². The first-order chi connectivity index (χ1) is 6.47. The Morgan fingerprint density at radius 3 is 2.29 bits per heavy atom. The maximum absolute atomic E-state index is 10.9. The third-order valence-electron chi connectivity index (χ3n) is 2.43. The molecule has 3 heteroatoms. The minimum absolute atomic E-state index is 0.246. The van der Waals surface area contributed by atoms with E-state index >= 15 is 0 Å². The van der Waals surface area contributed by atoms with Crippen molar-refractivity contribution in [2.45, 2.75) is 46.6 Å². The average Bonchev–Trinajstić information content (AvgIpc) is 2.10. The first-order valence-corrected chi connectivity index (χ1v) is 5.43. The van der Waals surface area contributed by atoms with Gasteiger partial charge in [0.1, 0.15) is 0 Å². The first-order valence-electron chi connectivity index (χ1n) is 5.43. The Morgan fingerprint density at radius 1 is 1.36 bits per heavy atom. The van der Waals surface area contributed by atoms with Gasteiger partial charge in [0.15, 0.2) is 0 Å². The second kappa shape index (κ2) is 6.82. The molecule has 3 nitrogen and oxygen atoms in total.